The Hall–Kier alpha value is -0.920. The van der Waals surface area contributed by atoms with Crippen molar-refractivity contribution in [3.8, 4) is 0 Å². The molecule has 120 valence electrons. The molecule has 1 aliphatic rings. The third-order valence-electron chi connectivity index (χ3n) is 4.29. The second-order valence-electron chi connectivity index (χ2n) is 6.32. The molecule has 0 aromatic carbocycles. The van der Waals surface area contributed by atoms with Gasteiger partial charge in [-0.25, -0.2) is 8.42 Å². The summed E-state index contributed by atoms with van der Waals surface area (Å²) >= 11 is 0. The molecule has 1 aliphatic carbocycles. The van der Waals surface area contributed by atoms with Gasteiger partial charge in [-0.2, -0.15) is 5.10 Å². The molecule has 7 heteroatoms. The van der Waals surface area contributed by atoms with Crippen LogP contribution in [0.5, 0.6) is 0 Å². The van der Waals surface area contributed by atoms with E-state index in [0.29, 0.717) is 13.0 Å². The molecule has 21 heavy (non-hydrogen) atoms. The van der Waals surface area contributed by atoms with E-state index in [0.717, 1.165) is 24.8 Å². The van der Waals surface area contributed by atoms with Crippen molar-refractivity contribution in [1.82, 2.24) is 15.1 Å². The number of aryl methyl sites for hydroxylation is 1. The number of nitrogens with one attached hydrogen (secondary N) is 1. The van der Waals surface area contributed by atoms with Crippen LogP contribution in [-0.2, 0) is 22.5 Å². The lowest BCUT2D eigenvalue weighted by atomic mass is 9.93. The Morgan fingerprint density at radius 3 is 2.71 bits per heavy atom. The lowest BCUT2D eigenvalue weighted by molar-refractivity contribution is 0.0523. The van der Waals surface area contributed by atoms with E-state index in [9.17, 15) is 13.5 Å². The zero-order chi connectivity index (χ0) is 15.7. The van der Waals surface area contributed by atoms with E-state index in [-0.39, 0.29) is 11.3 Å². The predicted molar refractivity (Wildman–Crippen MR) is 81.7 cm³/mol. The summed E-state index contributed by atoms with van der Waals surface area (Å²) in [5.41, 5.74) is -0.336. The van der Waals surface area contributed by atoms with Crippen LogP contribution in [0.3, 0.4) is 0 Å². The third kappa shape index (κ3) is 4.05. The number of aliphatic hydroxyl groups is 1. The van der Waals surface area contributed by atoms with Gasteiger partial charge >= 0.3 is 0 Å². The lowest BCUT2D eigenvalue weighted by Gasteiger charge is -2.33. The first-order valence-electron chi connectivity index (χ1n) is 7.34. The highest BCUT2D eigenvalue weighted by Crippen LogP contribution is 2.25. The number of rotatable bonds is 5. The Kier molecular flexibility index (Phi) is 4.75. The zero-order valence-electron chi connectivity index (χ0n) is 12.9. The fourth-order valence-electron chi connectivity index (χ4n) is 2.97. The number of hydrogen-bond acceptors (Lipinski definition) is 5. The van der Waals surface area contributed by atoms with E-state index in [2.05, 4.69) is 10.4 Å². The van der Waals surface area contributed by atoms with Crippen molar-refractivity contribution in [2.24, 2.45) is 7.05 Å². The highest BCUT2D eigenvalue weighted by atomic mass is 32.2. The number of aromatic nitrogens is 2. The highest BCUT2D eigenvalue weighted by Gasteiger charge is 2.34. The summed E-state index contributed by atoms with van der Waals surface area (Å²) in [4.78, 5) is 0. The normalized spacial score (nSPS) is 26.5. The number of nitrogens with zero attached hydrogens (tertiary/aromatic N) is 2. The van der Waals surface area contributed by atoms with Crippen molar-refractivity contribution in [2.45, 2.75) is 49.5 Å². The average Bonchev–Trinajstić information content (AvgIpc) is 2.83. The highest BCUT2D eigenvalue weighted by molar-refractivity contribution is 7.91. The Morgan fingerprint density at radius 1 is 1.48 bits per heavy atom. The van der Waals surface area contributed by atoms with Gasteiger partial charge in [0.1, 0.15) is 5.60 Å². The van der Waals surface area contributed by atoms with Crippen LogP contribution in [-0.4, -0.2) is 47.4 Å². The van der Waals surface area contributed by atoms with Crippen LogP contribution in [0.2, 0.25) is 0 Å². The van der Waals surface area contributed by atoms with Gasteiger partial charge in [0.05, 0.1) is 11.4 Å². The van der Waals surface area contributed by atoms with E-state index in [1.54, 1.807) is 31.0 Å². The topological polar surface area (TPSA) is 84.2 Å². The first-order chi connectivity index (χ1) is 9.70. The summed E-state index contributed by atoms with van der Waals surface area (Å²) in [6, 6.07) is -0.0862. The van der Waals surface area contributed by atoms with Gasteiger partial charge in [0, 0.05) is 37.7 Å². The summed E-state index contributed by atoms with van der Waals surface area (Å²) in [7, 11) is -1.26. The number of hydrogen-bond donors (Lipinski definition) is 2. The van der Waals surface area contributed by atoms with Gasteiger partial charge in [0.15, 0.2) is 9.84 Å². The molecule has 1 saturated carbocycles. The molecule has 1 aromatic heterocycles. The molecule has 3 unspecified atom stereocenters. The van der Waals surface area contributed by atoms with Crippen molar-refractivity contribution in [3.05, 3.63) is 18.0 Å². The van der Waals surface area contributed by atoms with Crippen LogP contribution >= 0.6 is 0 Å². The van der Waals surface area contributed by atoms with Gasteiger partial charge in [-0.1, -0.05) is 12.8 Å². The minimum atomic E-state index is -3.06. The van der Waals surface area contributed by atoms with Crippen LogP contribution in [0.15, 0.2) is 12.4 Å². The minimum absolute atomic E-state index is 0.0862. The standard InChI is InChI=1S/C14H25N3O3S/c1-14(18,11-8-16-17(2)9-11)10-15-12-6-4-5-7-13(12)21(3,19)20/h8-9,12-13,15,18H,4-7,10H2,1-3H3. The second-order valence-corrected chi connectivity index (χ2v) is 8.58. The minimum Gasteiger partial charge on any atom is -0.384 e. The van der Waals surface area contributed by atoms with E-state index < -0.39 is 15.4 Å². The second kappa shape index (κ2) is 6.06. The summed E-state index contributed by atoms with van der Waals surface area (Å²) < 4.78 is 25.4. The van der Waals surface area contributed by atoms with Crippen molar-refractivity contribution >= 4 is 9.84 Å². The molecule has 0 bridgehead atoms. The molecule has 0 spiro atoms. The molecule has 0 aliphatic heterocycles. The van der Waals surface area contributed by atoms with Gasteiger partial charge in [-0.15, -0.1) is 0 Å². The fourth-order valence-corrected chi connectivity index (χ4v) is 4.40. The monoisotopic (exact) mass is 315 g/mol. The number of sulfone groups is 1. The van der Waals surface area contributed by atoms with E-state index in [4.69, 9.17) is 0 Å². The quantitative estimate of drug-likeness (QED) is 0.830. The van der Waals surface area contributed by atoms with Crippen molar-refractivity contribution in [1.29, 1.82) is 0 Å². The van der Waals surface area contributed by atoms with Crippen LogP contribution < -0.4 is 5.32 Å². The van der Waals surface area contributed by atoms with Gasteiger partial charge < -0.3 is 10.4 Å². The molecular formula is C14H25N3O3S. The molecule has 6 nitrogen and oxygen atoms in total. The van der Waals surface area contributed by atoms with Crippen molar-refractivity contribution < 1.29 is 13.5 Å². The van der Waals surface area contributed by atoms with E-state index >= 15 is 0 Å². The fraction of sp³-hybridized carbons (Fsp3) is 0.786. The van der Waals surface area contributed by atoms with Crippen LogP contribution in [0.25, 0.3) is 0 Å². The first-order valence-corrected chi connectivity index (χ1v) is 9.29. The molecule has 0 radical (unpaired) electrons. The maximum Gasteiger partial charge on any atom is 0.151 e. The Bertz CT molecular complexity index is 580. The van der Waals surface area contributed by atoms with Crippen molar-refractivity contribution in [2.75, 3.05) is 12.8 Å². The molecule has 1 aromatic rings. The Morgan fingerprint density at radius 2 is 2.14 bits per heavy atom. The van der Waals surface area contributed by atoms with Crippen LogP contribution in [0, 0.1) is 0 Å². The van der Waals surface area contributed by atoms with Crippen molar-refractivity contribution in [3.63, 3.8) is 0 Å². The van der Waals surface area contributed by atoms with Crippen LogP contribution in [0.4, 0.5) is 0 Å². The smallest absolute Gasteiger partial charge is 0.151 e. The summed E-state index contributed by atoms with van der Waals surface area (Å²) in [5.74, 6) is 0. The maximum absolute atomic E-state index is 11.9. The molecule has 0 amide bonds. The van der Waals surface area contributed by atoms with Gasteiger partial charge in [-0.05, 0) is 19.8 Å². The Balaban J connectivity index is 2.03. The third-order valence-corrected chi connectivity index (χ3v) is 5.95. The summed E-state index contributed by atoms with van der Waals surface area (Å²) in [6.45, 7) is 2.03. The molecule has 2 rings (SSSR count). The SMILES string of the molecule is Cn1cc(C(C)(O)CNC2CCCCC2S(C)(=O)=O)cn1. The molecule has 2 N–H and O–H groups in total. The summed E-state index contributed by atoms with van der Waals surface area (Å²) in [6.07, 6.45) is 8.23. The largest absolute Gasteiger partial charge is 0.384 e. The van der Waals surface area contributed by atoms with Gasteiger partial charge in [0.25, 0.3) is 0 Å². The first kappa shape index (κ1) is 16.5. The van der Waals surface area contributed by atoms with Gasteiger partial charge in [-0.3, -0.25) is 4.68 Å². The van der Waals surface area contributed by atoms with Gasteiger partial charge in [0.2, 0.25) is 0 Å². The molecular weight excluding hydrogens is 290 g/mol. The molecule has 3 atom stereocenters. The van der Waals surface area contributed by atoms with Crippen LogP contribution in [0.1, 0.15) is 38.2 Å². The summed E-state index contributed by atoms with van der Waals surface area (Å²) in [5, 5.41) is 17.5. The molecule has 1 fully saturated rings. The zero-order valence-corrected chi connectivity index (χ0v) is 13.7. The van der Waals surface area contributed by atoms with E-state index in [1.807, 2.05) is 0 Å². The predicted octanol–water partition coefficient (Wildman–Crippen LogP) is 0.573. The van der Waals surface area contributed by atoms with E-state index in [1.165, 1.54) is 6.26 Å². The maximum atomic E-state index is 11.9. The molecule has 0 saturated heterocycles. The Labute approximate surface area is 126 Å². The lowest BCUT2D eigenvalue weighted by Crippen LogP contribution is -2.49. The molecule has 1 heterocycles. The average molecular weight is 315 g/mol.